The first-order valence-corrected chi connectivity index (χ1v) is 6.15. The third-order valence-electron chi connectivity index (χ3n) is 2.93. The smallest absolute Gasteiger partial charge is 0.0925 e. The molecule has 2 heterocycles. The molecular formula is C12H12BrN3. The first-order chi connectivity index (χ1) is 7.84. The molecule has 1 aliphatic rings. The maximum absolute atomic E-state index is 4.35. The number of benzene rings is 1. The van der Waals surface area contributed by atoms with Crippen LogP contribution in [0.1, 0.15) is 23.0 Å². The van der Waals surface area contributed by atoms with Crippen LogP contribution in [-0.4, -0.2) is 16.5 Å². The van der Waals surface area contributed by atoms with Gasteiger partial charge in [-0.1, -0.05) is 28.1 Å². The number of fused-ring (bicyclic) bond motifs is 1. The second-order valence-corrected chi connectivity index (χ2v) is 4.87. The molecule has 3 rings (SSSR count). The molecule has 0 amide bonds. The lowest BCUT2D eigenvalue weighted by Gasteiger charge is -2.23. The standard InChI is InChI=1S/C12H12BrN3/c13-9-3-1-2-8(6-9)11-12-10(4-5-14-11)15-7-16-12/h1-3,6-7,11,14H,4-5H2,(H,15,16). The molecule has 1 aliphatic heterocycles. The molecule has 0 radical (unpaired) electrons. The van der Waals surface area contributed by atoms with E-state index in [1.165, 1.54) is 17.0 Å². The number of aromatic amines is 1. The van der Waals surface area contributed by atoms with Crippen molar-refractivity contribution in [3.63, 3.8) is 0 Å². The summed E-state index contributed by atoms with van der Waals surface area (Å²) in [6.07, 6.45) is 2.78. The van der Waals surface area contributed by atoms with Crippen molar-refractivity contribution in [2.45, 2.75) is 12.5 Å². The largest absolute Gasteiger partial charge is 0.347 e. The zero-order valence-electron chi connectivity index (χ0n) is 8.70. The fourth-order valence-corrected chi connectivity index (χ4v) is 2.61. The lowest BCUT2D eigenvalue weighted by atomic mass is 9.98. The minimum atomic E-state index is 0.240. The molecule has 1 unspecified atom stereocenters. The van der Waals surface area contributed by atoms with E-state index in [1.807, 2.05) is 6.07 Å². The third-order valence-corrected chi connectivity index (χ3v) is 3.43. The third kappa shape index (κ3) is 1.68. The Morgan fingerprint density at radius 2 is 2.31 bits per heavy atom. The number of halogens is 1. The van der Waals surface area contributed by atoms with Crippen LogP contribution >= 0.6 is 15.9 Å². The Labute approximate surface area is 102 Å². The van der Waals surface area contributed by atoms with E-state index in [-0.39, 0.29) is 6.04 Å². The van der Waals surface area contributed by atoms with Crippen LogP contribution in [0.4, 0.5) is 0 Å². The van der Waals surface area contributed by atoms with Crippen molar-refractivity contribution in [3.05, 3.63) is 52.0 Å². The van der Waals surface area contributed by atoms with Gasteiger partial charge in [-0.25, -0.2) is 4.98 Å². The minimum Gasteiger partial charge on any atom is -0.347 e. The normalized spacial score (nSPS) is 19.4. The van der Waals surface area contributed by atoms with Crippen LogP contribution in [0, 0.1) is 0 Å². The first-order valence-electron chi connectivity index (χ1n) is 5.35. The van der Waals surface area contributed by atoms with Crippen LogP contribution in [-0.2, 0) is 6.42 Å². The summed E-state index contributed by atoms with van der Waals surface area (Å²) in [6, 6.07) is 8.63. The lowest BCUT2D eigenvalue weighted by molar-refractivity contribution is 0.553. The number of H-pyrrole nitrogens is 1. The molecular weight excluding hydrogens is 266 g/mol. The quantitative estimate of drug-likeness (QED) is 0.841. The second kappa shape index (κ2) is 4.03. The Kier molecular flexibility index (Phi) is 2.53. The second-order valence-electron chi connectivity index (χ2n) is 3.96. The molecule has 16 heavy (non-hydrogen) atoms. The van der Waals surface area contributed by atoms with Gasteiger partial charge < -0.3 is 10.3 Å². The van der Waals surface area contributed by atoms with E-state index in [0.717, 1.165) is 17.4 Å². The maximum atomic E-state index is 4.35. The van der Waals surface area contributed by atoms with E-state index in [9.17, 15) is 0 Å². The Morgan fingerprint density at radius 1 is 1.38 bits per heavy atom. The predicted octanol–water partition coefficient (Wildman–Crippen LogP) is 2.41. The summed E-state index contributed by atoms with van der Waals surface area (Å²) in [5.41, 5.74) is 3.65. The highest BCUT2D eigenvalue weighted by Crippen LogP contribution is 2.27. The summed E-state index contributed by atoms with van der Waals surface area (Å²) < 4.78 is 1.11. The molecule has 4 heteroatoms. The number of nitrogens with one attached hydrogen (secondary N) is 2. The fraction of sp³-hybridized carbons (Fsp3) is 0.250. The molecule has 0 aliphatic carbocycles. The van der Waals surface area contributed by atoms with Crippen molar-refractivity contribution in [1.29, 1.82) is 0 Å². The van der Waals surface area contributed by atoms with Crippen LogP contribution in [0.2, 0.25) is 0 Å². The molecule has 2 N–H and O–H groups in total. The van der Waals surface area contributed by atoms with E-state index in [0.29, 0.717) is 0 Å². The Balaban J connectivity index is 2.04. The molecule has 0 spiro atoms. The van der Waals surface area contributed by atoms with Gasteiger partial charge in [-0.3, -0.25) is 0 Å². The van der Waals surface area contributed by atoms with E-state index >= 15 is 0 Å². The number of imidazole rings is 1. The highest BCUT2D eigenvalue weighted by atomic mass is 79.9. The summed E-state index contributed by atoms with van der Waals surface area (Å²) in [6.45, 7) is 0.981. The molecule has 0 fully saturated rings. The fourth-order valence-electron chi connectivity index (χ4n) is 2.19. The molecule has 3 nitrogen and oxygen atoms in total. The van der Waals surface area contributed by atoms with Crippen molar-refractivity contribution in [2.75, 3.05) is 6.54 Å². The molecule has 0 saturated carbocycles. The SMILES string of the molecule is Brc1cccc(C2NCCc3nc[nH]c32)c1. The summed E-state index contributed by atoms with van der Waals surface area (Å²) in [5, 5.41) is 3.51. The Bertz CT molecular complexity index is 506. The van der Waals surface area contributed by atoms with Crippen molar-refractivity contribution >= 4 is 15.9 Å². The lowest BCUT2D eigenvalue weighted by Crippen LogP contribution is -2.30. The Morgan fingerprint density at radius 3 is 3.19 bits per heavy atom. The molecule has 1 aromatic heterocycles. The topological polar surface area (TPSA) is 40.7 Å². The monoisotopic (exact) mass is 277 g/mol. The van der Waals surface area contributed by atoms with E-state index < -0.39 is 0 Å². The first kappa shape index (κ1) is 10.1. The van der Waals surface area contributed by atoms with Crippen molar-refractivity contribution < 1.29 is 0 Å². The molecule has 1 aromatic carbocycles. The molecule has 0 saturated heterocycles. The average molecular weight is 278 g/mol. The van der Waals surface area contributed by atoms with Gasteiger partial charge >= 0.3 is 0 Å². The van der Waals surface area contributed by atoms with Crippen LogP contribution in [0.25, 0.3) is 0 Å². The number of aromatic nitrogens is 2. The van der Waals surface area contributed by atoms with Crippen molar-refractivity contribution in [3.8, 4) is 0 Å². The van der Waals surface area contributed by atoms with Gasteiger partial charge in [-0.05, 0) is 17.7 Å². The van der Waals surface area contributed by atoms with Gasteiger partial charge in [0.05, 0.1) is 23.8 Å². The summed E-state index contributed by atoms with van der Waals surface area (Å²) in [7, 11) is 0. The minimum absolute atomic E-state index is 0.240. The van der Waals surface area contributed by atoms with Gasteiger partial charge in [-0.2, -0.15) is 0 Å². The van der Waals surface area contributed by atoms with E-state index in [1.54, 1.807) is 6.33 Å². The number of hydrogen-bond acceptors (Lipinski definition) is 2. The molecule has 82 valence electrons. The van der Waals surface area contributed by atoms with Crippen LogP contribution in [0.5, 0.6) is 0 Å². The average Bonchev–Trinajstić information content (AvgIpc) is 2.76. The van der Waals surface area contributed by atoms with Crippen LogP contribution in [0.15, 0.2) is 35.1 Å². The summed E-state index contributed by atoms with van der Waals surface area (Å²) >= 11 is 3.51. The zero-order valence-corrected chi connectivity index (χ0v) is 10.3. The van der Waals surface area contributed by atoms with Gasteiger partial charge in [0.25, 0.3) is 0 Å². The van der Waals surface area contributed by atoms with Crippen molar-refractivity contribution in [1.82, 2.24) is 15.3 Å². The predicted molar refractivity (Wildman–Crippen MR) is 66.3 cm³/mol. The maximum Gasteiger partial charge on any atom is 0.0925 e. The van der Waals surface area contributed by atoms with Gasteiger partial charge in [0, 0.05) is 17.4 Å². The van der Waals surface area contributed by atoms with Gasteiger partial charge in [-0.15, -0.1) is 0 Å². The highest BCUT2D eigenvalue weighted by molar-refractivity contribution is 9.10. The van der Waals surface area contributed by atoms with Gasteiger partial charge in [0.1, 0.15) is 0 Å². The molecule has 1 atom stereocenters. The van der Waals surface area contributed by atoms with Crippen LogP contribution in [0.3, 0.4) is 0 Å². The zero-order chi connectivity index (χ0) is 11.0. The molecule has 0 bridgehead atoms. The van der Waals surface area contributed by atoms with Gasteiger partial charge in [0.15, 0.2) is 0 Å². The number of rotatable bonds is 1. The number of hydrogen-bond donors (Lipinski definition) is 2. The summed E-state index contributed by atoms with van der Waals surface area (Å²) in [5.74, 6) is 0. The van der Waals surface area contributed by atoms with E-state index in [2.05, 4.69) is 49.4 Å². The van der Waals surface area contributed by atoms with Crippen LogP contribution < -0.4 is 5.32 Å². The Hall–Kier alpha value is -1.13. The highest BCUT2D eigenvalue weighted by Gasteiger charge is 2.23. The number of nitrogens with zero attached hydrogens (tertiary/aromatic N) is 1. The molecule has 2 aromatic rings. The van der Waals surface area contributed by atoms with Gasteiger partial charge in [0.2, 0.25) is 0 Å². The van der Waals surface area contributed by atoms with Crippen molar-refractivity contribution in [2.24, 2.45) is 0 Å². The summed E-state index contributed by atoms with van der Waals surface area (Å²) in [4.78, 5) is 7.58. The van der Waals surface area contributed by atoms with E-state index in [4.69, 9.17) is 0 Å².